The molecule has 1 atom stereocenters. The number of nitrogens with one attached hydrogen (secondary N) is 2. The fourth-order valence-electron chi connectivity index (χ4n) is 3.33. The number of rotatable bonds is 7. The number of benzene rings is 2. The normalized spacial score (nSPS) is 15.8. The van der Waals surface area contributed by atoms with E-state index in [2.05, 4.69) is 27.8 Å². The molecule has 2 N–H and O–H groups in total. The Labute approximate surface area is 199 Å². The molecule has 1 saturated heterocycles. The molecule has 5 nitrogen and oxygen atoms in total. The first-order chi connectivity index (χ1) is 14.5. The SMILES string of the molecule is CN=C(NCc1ccc(COC2CCOCC2)cc1)NC(C)c1ccc(F)cc1F.I. The summed E-state index contributed by atoms with van der Waals surface area (Å²) >= 11 is 0. The van der Waals surface area contributed by atoms with Crippen LogP contribution in [0.5, 0.6) is 0 Å². The number of aliphatic imine (C=N–C) groups is 1. The molecule has 170 valence electrons. The number of nitrogens with zero attached hydrogens (tertiary/aromatic N) is 1. The summed E-state index contributed by atoms with van der Waals surface area (Å²) in [5.74, 6) is -0.630. The Morgan fingerprint density at radius 3 is 2.45 bits per heavy atom. The minimum absolute atomic E-state index is 0. The van der Waals surface area contributed by atoms with Gasteiger partial charge in [0.2, 0.25) is 0 Å². The number of ether oxygens (including phenoxy) is 2. The van der Waals surface area contributed by atoms with Crippen LogP contribution in [0.3, 0.4) is 0 Å². The second kappa shape index (κ2) is 12.9. The molecular weight excluding hydrogens is 515 g/mol. The molecular formula is C23H30F2IN3O2. The van der Waals surface area contributed by atoms with Crippen molar-refractivity contribution in [1.82, 2.24) is 10.6 Å². The van der Waals surface area contributed by atoms with E-state index in [1.807, 2.05) is 12.1 Å². The van der Waals surface area contributed by atoms with E-state index in [1.54, 1.807) is 14.0 Å². The lowest BCUT2D eigenvalue weighted by molar-refractivity contribution is -0.0390. The topological polar surface area (TPSA) is 54.9 Å². The van der Waals surface area contributed by atoms with E-state index >= 15 is 0 Å². The van der Waals surface area contributed by atoms with Gasteiger partial charge in [-0.15, -0.1) is 24.0 Å². The minimum atomic E-state index is -0.590. The average molecular weight is 545 g/mol. The highest BCUT2D eigenvalue weighted by molar-refractivity contribution is 14.0. The Kier molecular flexibility index (Phi) is 10.6. The standard InChI is InChI=1S/C23H29F2N3O2.HI/c1-16(21-8-7-19(24)13-22(21)25)28-23(26-2)27-14-17-3-5-18(6-4-17)15-30-20-9-11-29-12-10-20;/h3-8,13,16,20H,9-12,14-15H2,1-2H3,(H2,26,27,28);1H. The number of hydrogen-bond donors (Lipinski definition) is 2. The summed E-state index contributed by atoms with van der Waals surface area (Å²) in [4.78, 5) is 4.18. The predicted molar refractivity (Wildman–Crippen MR) is 129 cm³/mol. The molecule has 0 bridgehead atoms. The van der Waals surface area contributed by atoms with Crippen LogP contribution in [0.2, 0.25) is 0 Å². The van der Waals surface area contributed by atoms with Crippen molar-refractivity contribution in [2.45, 2.75) is 45.1 Å². The first-order valence-corrected chi connectivity index (χ1v) is 10.2. The zero-order chi connectivity index (χ0) is 21.3. The average Bonchev–Trinajstić information content (AvgIpc) is 2.76. The van der Waals surface area contributed by atoms with Crippen LogP contribution in [0.1, 0.15) is 42.5 Å². The van der Waals surface area contributed by atoms with Crippen molar-refractivity contribution in [3.05, 3.63) is 70.8 Å². The molecule has 0 radical (unpaired) electrons. The molecule has 0 aliphatic carbocycles. The van der Waals surface area contributed by atoms with Crippen molar-refractivity contribution in [2.24, 2.45) is 4.99 Å². The summed E-state index contributed by atoms with van der Waals surface area (Å²) < 4.78 is 38.4. The fraction of sp³-hybridized carbons (Fsp3) is 0.435. The second-order valence-electron chi connectivity index (χ2n) is 7.40. The van der Waals surface area contributed by atoms with Gasteiger partial charge in [0.05, 0.1) is 18.8 Å². The van der Waals surface area contributed by atoms with Gasteiger partial charge in [-0.1, -0.05) is 30.3 Å². The van der Waals surface area contributed by atoms with Crippen molar-refractivity contribution < 1.29 is 18.3 Å². The van der Waals surface area contributed by atoms with E-state index < -0.39 is 11.6 Å². The highest BCUT2D eigenvalue weighted by Gasteiger charge is 2.14. The molecule has 0 aromatic heterocycles. The summed E-state index contributed by atoms with van der Waals surface area (Å²) in [6.45, 7) is 4.52. The highest BCUT2D eigenvalue weighted by Crippen LogP contribution is 2.18. The van der Waals surface area contributed by atoms with Gasteiger partial charge in [0.1, 0.15) is 11.6 Å². The molecule has 0 saturated carbocycles. The molecule has 31 heavy (non-hydrogen) atoms. The van der Waals surface area contributed by atoms with Gasteiger partial charge in [-0.2, -0.15) is 0 Å². The van der Waals surface area contributed by atoms with Gasteiger partial charge >= 0.3 is 0 Å². The third-order valence-electron chi connectivity index (χ3n) is 5.14. The van der Waals surface area contributed by atoms with Crippen molar-refractivity contribution in [1.29, 1.82) is 0 Å². The highest BCUT2D eigenvalue weighted by atomic mass is 127. The molecule has 0 amide bonds. The quantitative estimate of drug-likeness (QED) is 0.301. The van der Waals surface area contributed by atoms with E-state index in [-0.39, 0.29) is 36.1 Å². The van der Waals surface area contributed by atoms with Crippen LogP contribution < -0.4 is 10.6 Å². The third-order valence-corrected chi connectivity index (χ3v) is 5.14. The van der Waals surface area contributed by atoms with Crippen molar-refractivity contribution >= 4 is 29.9 Å². The molecule has 2 aromatic rings. The van der Waals surface area contributed by atoms with Crippen molar-refractivity contribution in [3.8, 4) is 0 Å². The van der Waals surface area contributed by atoms with Crippen LogP contribution in [0.25, 0.3) is 0 Å². The van der Waals surface area contributed by atoms with E-state index in [0.29, 0.717) is 24.7 Å². The molecule has 1 fully saturated rings. The van der Waals surface area contributed by atoms with E-state index in [9.17, 15) is 8.78 Å². The summed E-state index contributed by atoms with van der Waals surface area (Å²) in [6.07, 6.45) is 2.19. The number of halogens is 3. The van der Waals surface area contributed by atoms with Gasteiger partial charge in [0.25, 0.3) is 0 Å². The molecule has 1 aliphatic heterocycles. The lowest BCUT2D eigenvalue weighted by atomic mass is 10.1. The minimum Gasteiger partial charge on any atom is -0.381 e. The predicted octanol–water partition coefficient (Wildman–Crippen LogP) is 4.70. The van der Waals surface area contributed by atoms with Crippen LogP contribution in [0.15, 0.2) is 47.5 Å². The van der Waals surface area contributed by atoms with Gasteiger partial charge < -0.3 is 20.1 Å². The Bertz CT molecular complexity index is 843. The maximum Gasteiger partial charge on any atom is 0.191 e. The lowest BCUT2D eigenvalue weighted by Crippen LogP contribution is -2.38. The molecule has 1 heterocycles. The summed E-state index contributed by atoms with van der Waals surface area (Å²) in [5, 5.41) is 6.35. The van der Waals surface area contributed by atoms with Crippen LogP contribution in [-0.4, -0.2) is 32.3 Å². The summed E-state index contributed by atoms with van der Waals surface area (Å²) in [7, 11) is 1.65. The van der Waals surface area contributed by atoms with Gasteiger partial charge in [-0.05, 0) is 37.0 Å². The molecule has 1 aliphatic rings. The summed E-state index contributed by atoms with van der Waals surface area (Å²) in [6, 6.07) is 11.4. The van der Waals surface area contributed by atoms with Crippen molar-refractivity contribution in [2.75, 3.05) is 20.3 Å². The van der Waals surface area contributed by atoms with Crippen LogP contribution in [-0.2, 0) is 22.6 Å². The third kappa shape index (κ3) is 8.01. The first-order valence-electron chi connectivity index (χ1n) is 10.2. The second-order valence-corrected chi connectivity index (χ2v) is 7.40. The maximum atomic E-state index is 14.0. The van der Waals surface area contributed by atoms with Gasteiger partial charge in [0, 0.05) is 38.4 Å². The molecule has 3 rings (SSSR count). The van der Waals surface area contributed by atoms with E-state index in [1.165, 1.54) is 12.1 Å². The van der Waals surface area contributed by atoms with Crippen LogP contribution in [0, 0.1) is 11.6 Å². The van der Waals surface area contributed by atoms with Crippen LogP contribution >= 0.6 is 24.0 Å². The summed E-state index contributed by atoms with van der Waals surface area (Å²) in [5.41, 5.74) is 2.61. The Balaban J connectivity index is 0.00000341. The Morgan fingerprint density at radius 1 is 1.13 bits per heavy atom. The van der Waals surface area contributed by atoms with E-state index in [4.69, 9.17) is 9.47 Å². The number of guanidine groups is 1. The van der Waals surface area contributed by atoms with Gasteiger partial charge in [-0.25, -0.2) is 8.78 Å². The lowest BCUT2D eigenvalue weighted by Gasteiger charge is -2.22. The molecule has 0 spiro atoms. The van der Waals surface area contributed by atoms with Crippen LogP contribution in [0.4, 0.5) is 8.78 Å². The zero-order valence-corrected chi connectivity index (χ0v) is 20.2. The van der Waals surface area contributed by atoms with Gasteiger partial charge in [-0.3, -0.25) is 4.99 Å². The monoisotopic (exact) mass is 545 g/mol. The van der Waals surface area contributed by atoms with Crippen molar-refractivity contribution in [3.63, 3.8) is 0 Å². The molecule has 1 unspecified atom stereocenters. The zero-order valence-electron chi connectivity index (χ0n) is 17.9. The Hall–Kier alpha value is -1.78. The molecule has 2 aromatic carbocycles. The largest absolute Gasteiger partial charge is 0.381 e. The Morgan fingerprint density at radius 2 is 1.81 bits per heavy atom. The fourth-order valence-corrected chi connectivity index (χ4v) is 3.33. The molecule has 8 heteroatoms. The van der Waals surface area contributed by atoms with Gasteiger partial charge in [0.15, 0.2) is 5.96 Å². The maximum absolute atomic E-state index is 14.0. The first kappa shape index (κ1) is 25.5. The van der Waals surface area contributed by atoms with E-state index in [0.717, 1.165) is 43.2 Å². The number of hydrogen-bond acceptors (Lipinski definition) is 3. The smallest absolute Gasteiger partial charge is 0.191 e.